The quantitative estimate of drug-likeness (QED) is 0.684. The molecule has 0 radical (unpaired) electrons. The van der Waals surface area contributed by atoms with Crippen molar-refractivity contribution in [3.8, 4) is 0 Å². The number of rotatable bonds is 8. The summed E-state index contributed by atoms with van der Waals surface area (Å²) >= 11 is 0. The number of carboxylic acid groups (broad SMARTS) is 1. The molecule has 1 saturated carbocycles. The topological polar surface area (TPSA) is 85.0 Å². The summed E-state index contributed by atoms with van der Waals surface area (Å²) in [5, 5.41) is 9.32. The van der Waals surface area contributed by atoms with Gasteiger partial charge in [0.1, 0.15) is 5.54 Å². The zero-order valence-corrected chi connectivity index (χ0v) is 12.8. The number of methoxy groups -OCH3 is 2. The third-order valence-electron chi connectivity index (χ3n) is 4.18. The van der Waals surface area contributed by atoms with Crippen LogP contribution in [0.15, 0.2) is 0 Å². The van der Waals surface area contributed by atoms with Crippen molar-refractivity contribution < 1.29 is 19.4 Å². The lowest BCUT2D eigenvalue weighted by Crippen LogP contribution is -2.57. The molecule has 3 N–H and O–H groups in total. The predicted molar refractivity (Wildman–Crippen MR) is 76.7 cm³/mol. The summed E-state index contributed by atoms with van der Waals surface area (Å²) < 4.78 is 10.4. The Hall–Kier alpha value is -0.690. The molecule has 0 aromatic carbocycles. The van der Waals surface area contributed by atoms with Crippen LogP contribution in [0.5, 0.6) is 0 Å². The predicted octanol–water partition coefficient (Wildman–Crippen LogP) is 0.694. The van der Waals surface area contributed by atoms with Gasteiger partial charge in [0.05, 0.1) is 13.2 Å². The fraction of sp³-hybridized carbons (Fsp3) is 0.929. The third-order valence-corrected chi connectivity index (χ3v) is 4.18. The summed E-state index contributed by atoms with van der Waals surface area (Å²) in [6, 6.07) is 0.390. The van der Waals surface area contributed by atoms with Gasteiger partial charge >= 0.3 is 5.97 Å². The highest BCUT2D eigenvalue weighted by Crippen LogP contribution is 2.30. The van der Waals surface area contributed by atoms with Crippen molar-refractivity contribution in [2.45, 2.75) is 50.2 Å². The van der Waals surface area contributed by atoms with E-state index in [1.54, 1.807) is 14.2 Å². The Morgan fingerprint density at radius 2 is 2.20 bits per heavy atom. The van der Waals surface area contributed by atoms with E-state index >= 15 is 0 Å². The van der Waals surface area contributed by atoms with Gasteiger partial charge in [0, 0.05) is 32.8 Å². The molecule has 0 bridgehead atoms. The first-order valence-corrected chi connectivity index (χ1v) is 7.20. The summed E-state index contributed by atoms with van der Waals surface area (Å²) in [5.74, 6) is -0.895. The number of hydrogen-bond donors (Lipinski definition) is 2. The van der Waals surface area contributed by atoms with Gasteiger partial charge in [0.2, 0.25) is 0 Å². The van der Waals surface area contributed by atoms with Gasteiger partial charge in [0.15, 0.2) is 0 Å². The van der Waals surface area contributed by atoms with Crippen LogP contribution in [0.3, 0.4) is 0 Å². The molecule has 3 unspecified atom stereocenters. The molecule has 0 amide bonds. The van der Waals surface area contributed by atoms with E-state index in [-0.39, 0.29) is 12.1 Å². The first-order chi connectivity index (χ1) is 9.44. The molecule has 1 fully saturated rings. The van der Waals surface area contributed by atoms with Gasteiger partial charge in [-0.2, -0.15) is 0 Å². The fourth-order valence-electron chi connectivity index (χ4n) is 3.05. The van der Waals surface area contributed by atoms with Crippen LogP contribution in [-0.2, 0) is 14.3 Å². The number of carboxylic acids is 1. The summed E-state index contributed by atoms with van der Waals surface area (Å²) in [7, 11) is 3.35. The Morgan fingerprint density at radius 3 is 2.75 bits per heavy atom. The lowest BCUT2D eigenvalue weighted by atomic mass is 9.79. The van der Waals surface area contributed by atoms with Crippen LogP contribution < -0.4 is 5.73 Å². The fourth-order valence-corrected chi connectivity index (χ4v) is 3.05. The van der Waals surface area contributed by atoms with Crippen molar-refractivity contribution in [1.29, 1.82) is 0 Å². The normalized spacial score (nSPS) is 28.6. The van der Waals surface area contributed by atoms with Crippen LogP contribution in [0, 0.1) is 0 Å². The zero-order chi connectivity index (χ0) is 15.2. The summed E-state index contributed by atoms with van der Waals surface area (Å²) in [6.07, 6.45) is 2.86. The number of ether oxygens (including phenoxy) is 2. The minimum absolute atomic E-state index is 0.171. The molecular weight excluding hydrogens is 260 g/mol. The first-order valence-electron chi connectivity index (χ1n) is 7.20. The van der Waals surface area contributed by atoms with E-state index in [9.17, 15) is 9.90 Å². The lowest BCUT2D eigenvalue weighted by molar-refractivity contribution is -0.145. The highest BCUT2D eigenvalue weighted by Gasteiger charge is 2.41. The maximum absolute atomic E-state index is 11.4. The number of aliphatic carboxylic acids is 1. The van der Waals surface area contributed by atoms with Crippen molar-refractivity contribution in [3.63, 3.8) is 0 Å². The van der Waals surface area contributed by atoms with Gasteiger partial charge < -0.3 is 20.3 Å². The van der Waals surface area contributed by atoms with Crippen molar-refractivity contribution in [1.82, 2.24) is 4.90 Å². The van der Waals surface area contributed by atoms with Crippen molar-refractivity contribution in [2.75, 3.05) is 34.0 Å². The molecule has 0 aliphatic heterocycles. The Morgan fingerprint density at radius 1 is 1.50 bits per heavy atom. The number of hydrogen-bond acceptors (Lipinski definition) is 5. The first kappa shape index (κ1) is 17.4. The molecule has 118 valence electrons. The molecule has 3 atom stereocenters. The van der Waals surface area contributed by atoms with Crippen molar-refractivity contribution in [2.24, 2.45) is 5.73 Å². The number of carbonyl (C=O) groups is 1. The Labute approximate surface area is 121 Å². The molecular formula is C14H28N2O4. The Balaban J connectivity index is 2.76. The van der Waals surface area contributed by atoms with E-state index in [0.717, 1.165) is 19.4 Å². The zero-order valence-electron chi connectivity index (χ0n) is 12.8. The Bertz CT molecular complexity index is 314. The maximum Gasteiger partial charge on any atom is 0.323 e. The molecule has 0 aromatic rings. The van der Waals surface area contributed by atoms with Crippen LogP contribution in [0.2, 0.25) is 0 Å². The molecule has 20 heavy (non-hydrogen) atoms. The summed E-state index contributed by atoms with van der Waals surface area (Å²) in [4.78, 5) is 13.6. The summed E-state index contributed by atoms with van der Waals surface area (Å²) in [5.41, 5.74) is 4.95. The van der Waals surface area contributed by atoms with Gasteiger partial charge in [-0.05, 0) is 32.6 Å². The molecule has 1 rings (SSSR count). The number of nitrogens with two attached hydrogens (primary N) is 1. The molecule has 1 aliphatic rings. The minimum Gasteiger partial charge on any atom is -0.480 e. The highest BCUT2D eigenvalue weighted by atomic mass is 16.5. The molecule has 0 spiro atoms. The molecule has 0 heterocycles. The van der Waals surface area contributed by atoms with E-state index in [1.165, 1.54) is 0 Å². The van der Waals surface area contributed by atoms with Crippen molar-refractivity contribution in [3.05, 3.63) is 0 Å². The largest absolute Gasteiger partial charge is 0.480 e. The molecule has 1 aliphatic carbocycles. The standard InChI is InChI=1S/C14H28N2O4/c1-11(10-20-3)16(7-8-19-2)12-5-4-6-14(15,9-12)13(17)18/h11-12H,4-10,15H2,1-3H3,(H,17,18). The Kier molecular flexibility index (Phi) is 6.88. The van der Waals surface area contributed by atoms with Gasteiger partial charge in [-0.25, -0.2) is 0 Å². The van der Waals surface area contributed by atoms with E-state index in [0.29, 0.717) is 26.1 Å². The van der Waals surface area contributed by atoms with Crippen molar-refractivity contribution >= 4 is 5.97 Å². The van der Waals surface area contributed by atoms with Crippen LogP contribution in [0.4, 0.5) is 0 Å². The molecule has 0 saturated heterocycles. The van der Waals surface area contributed by atoms with Gasteiger partial charge in [0.25, 0.3) is 0 Å². The SMILES string of the molecule is COCCN(C(C)COC)C1CCCC(N)(C(=O)O)C1. The van der Waals surface area contributed by atoms with Crippen LogP contribution in [-0.4, -0.2) is 67.6 Å². The monoisotopic (exact) mass is 288 g/mol. The smallest absolute Gasteiger partial charge is 0.323 e. The lowest BCUT2D eigenvalue weighted by Gasteiger charge is -2.43. The van der Waals surface area contributed by atoms with Gasteiger partial charge in [-0.15, -0.1) is 0 Å². The molecule has 6 heteroatoms. The highest BCUT2D eigenvalue weighted by molar-refractivity contribution is 5.78. The van der Waals surface area contributed by atoms with Crippen LogP contribution in [0.1, 0.15) is 32.6 Å². The third kappa shape index (κ3) is 4.41. The number of nitrogens with zero attached hydrogens (tertiary/aromatic N) is 1. The second-order valence-electron chi connectivity index (χ2n) is 5.75. The average Bonchev–Trinajstić information content (AvgIpc) is 2.39. The second-order valence-corrected chi connectivity index (χ2v) is 5.75. The van der Waals surface area contributed by atoms with E-state index < -0.39 is 11.5 Å². The maximum atomic E-state index is 11.4. The minimum atomic E-state index is -1.10. The van der Waals surface area contributed by atoms with E-state index in [4.69, 9.17) is 15.2 Å². The van der Waals surface area contributed by atoms with Crippen LogP contribution in [0.25, 0.3) is 0 Å². The summed E-state index contributed by atoms with van der Waals surface area (Å²) in [6.45, 7) is 4.09. The molecule has 0 aromatic heterocycles. The average molecular weight is 288 g/mol. The van der Waals surface area contributed by atoms with E-state index in [1.807, 2.05) is 0 Å². The van der Waals surface area contributed by atoms with E-state index in [2.05, 4.69) is 11.8 Å². The molecule has 6 nitrogen and oxygen atoms in total. The van der Waals surface area contributed by atoms with Gasteiger partial charge in [-0.1, -0.05) is 0 Å². The van der Waals surface area contributed by atoms with Crippen LogP contribution >= 0.6 is 0 Å². The second kappa shape index (κ2) is 7.93. The van der Waals surface area contributed by atoms with Gasteiger partial charge in [-0.3, -0.25) is 9.69 Å².